The van der Waals surface area contributed by atoms with Crippen molar-refractivity contribution in [1.82, 2.24) is 0 Å². The average molecular weight is 357 g/mol. The van der Waals surface area contributed by atoms with Gasteiger partial charge in [-0.2, -0.15) is 0 Å². The van der Waals surface area contributed by atoms with Crippen LogP contribution < -0.4 is 5.19 Å². The summed E-state index contributed by atoms with van der Waals surface area (Å²) >= 11 is 1.89. The SMILES string of the molecule is CCc1cccc([Si]CSc2ccc(O)c(C(C)(C)C)c2)c1CC. The third-order valence-corrected chi connectivity index (χ3v) is 6.88. The van der Waals surface area contributed by atoms with Crippen molar-refractivity contribution in [3.8, 4) is 5.75 Å². The second-order valence-electron chi connectivity index (χ2n) is 7.04. The molecule has 0 saturated heterocycles. The first kappa shape index (κ1) is 19.1. The standard InChI is InChI=1S/C21H28OSSi/c1-6-15-9-8-10-20(17(15)7-2)24-14-23-16-11-12-19(22)18(13-16)21(3,4)5/h8-13,22H,6-7,14H2,1-5H3. The summed E-state index contributed by atoms with van der Waals surface area (Å²) in [5.41, 5.74) is 4.03. The van der Waals surface area contributed by atoms with Crippen molar-refractivity contribution >= 4 is 26.5 Å². The monoisotopic (exact) mass is 356 g/mol. The molecule has 0 heterocycles. The van der Waals surface area contributed by atoms with Gasteiger partial charge in [0.25, 0.3) is 0 Å². The molecule has 0 aromatic heterocycles. The fraction of sp³-hybridized carbons (Fsp3) is 0.429. The van der Waals surface area contributed by atoms with E-state index in [4.69, 9.17) is 0 Å². The molecule has 0 atom stereocenters. The zero-order valence-electron chi connectivity index (χ0n) is 15.4. The van der Waals surface area contributed by atoms with Gasteiger partial charge in [0.05, 0.1) is 9.52 Å². The molecule has 0 fully saturated rings. The molecule has 0 saturated carbocycles. The van der Waals surface area contributed by atoms with Gasteiger partial charge in [-0.25, -0.2) is 0 Å². The number of benzene rings is 2. The molecule has 0 aliphatic carbocycles. The lowest BCUT2D eigenvalue weighted by Gasteiger charge is -2.21. The van der Waals surface area contributed by atoms with E-state index < -0.39 is 0 Å². The molecule has 2 radical (unpaired) electrons. The van der Waals surface area contributed by atoms with Crippen molar-refractivity contribution in [3.63, 3.8) is 0 Å². The second-order valence-corrected chi connectivity index (χ2v) is 9.85. The zero-order valence-corrected chi connectivity index (χ0v) is 17.3. The van der Waals surface area contributed by atoms with E-state index >= 15 is 0 Å². The van der Waals surface area contributed by atoms with Gasteiger partial charge < -0.3 is 5.11 Å². The van der Waals surface area contributed by atoms with Gasteiger partial charge in [-0.05, 0) is 53.0 Å². The minimum atomic E-state index is -0.0340. The topological polar surface area (TPSA) is 20.2 Å². The highest BCUT2D eigenvalue weighted by atomic mass is 32.2. The Morgan fingerprint density at radius 3 is 2.42 bits per heavy atom. The maximum Gasteiger partial charge on any atom is 0.119 e. The third kappa shape index (κ3) is 4.67. The van der Waals surface area contributed by atoms with Crippen molar-refractivity contribution in [2.24, 2.45) is 0 Å². The van der Waals surface area contributed by atoms with Gasteiger partial charge in [0, 0.05) is 10.5 Å². The van der Waals surface area contributed by atoms with Gasteiger partial charge in [-0.3, -0.25) is 0 Å². The zero-order chi connectivity index (χ0) is 17.7. The summed E-state index contributed by atoms with van der Waals surface area (Å²) in [5.74, 6) is 0.401. The molecule has 0 aliphatic heterocycles. The highest BCUT2D eigenvalue weighted by Crippen LogP contribution is 2.33. The molecule has 2 aromatic carbocycles. The molecule has 3 heteroatoms. The number of aromatic hydroxyl groups is 1. The molecule has 1 nitrogen and oxygen atoms in total. The number of phenolic OH excluding ortho intramolecular Hbond substituents is 1. The van der Waals surface area contributed by atoms with E-state index in [0.29, 0.717) is 5.75 Å². The summed E-state index contributed by atoms with van der Waals surface area (Å²) in [6.45, 7) is 10.9. The Morgan fingerprint density at radius 1 is 1.04 bits per heavy atom. The molecule has 0 amide bonds. The fourth-order valence-corrected chi connectivity index (χ4v) is 5.66. The number of thioether (sulfide) groups is 1. The van der Waals surface area contributed by atoms with Gasteiger partial charge in [0.15, 0.2) is 0 Å². The quantitative estimate of drug-likeness (QED) is 0.587. The van der Waals surface area contributed by atoms with Crippen molar-refractivity contribution in [2.75, 3.05) is 5.38 Å². The number of hydrogen-bond donors (Lipinski definition) is 1. The number of rotatable bonds is 6. The summed E-state index contributed by atoms with van der Waals surface area (Å²) in [7, 11) is 0.816. The molecule has 0 unspecified atom stereocenters. The molecule has 24 heavy (non-hydrogen) atoms. The van der Waals surface area contributed by atoms with E-state index in [9.17, 15) is 5.11 Å². The van der Waals surface area contributed by atoms with E-state index in [1.165, 1.54) is 15.6 Å². The van der Waals surface area contributed by atoms with E-state index in [0.717, 1.165) is 33.3 Å². The van der Waals surface area contributed by atoms with Crippen molar-refractivity contribution in [2.45, 2.75) is 57.8 Å². The van der Waals surface area contributed by atoms with Gasteiger partial charge >= 0.3 is 0 Å². The Hall–Kier alpha value is -1.19. The van der Waals surface area contributed by atoms with Gasteiger partial charge in [-0.15, -0.1) is 11.8 Å². The Morgan fingerprint density at radius 2 is 1.79 bits per heavy atom. The highest BCUT2D eigenvalue weighted by Gasteiger charge is 2.18. The molecule has 2 rings (SSSR count). The lowest BCUT2D eigenvalue weighted by molar-refractivity contribution is 0.446. The smallest absolute Gasteiger partial charge is 0.119 e. The Balaban J connectivity index is 2.08. The van der Waals surface area contributed by atoms with E-state index in [-0.39, 0.29) is 5.41 Å². The molecule has 2 aromatic rings. The van der Waals surface area contributed by atoms with Crippen LogP contribution in [0.5, 0.6) is 5.75 Å². The summed E-state index contributed by atoms with van der Waals surface area (Å²) in [4.78, 5) is 1.25. The van der Waals surface area contributed by atoms with Crippen LogP contribution in [0.15, 0.2) is 41.3 Å². The van der Waals surface area contributed by atoms with Crippen LogP contribution in [0.1, 0.15) is 51.3 Å². The first-order chi connectivity index (χ1) is 11.4. The first-order valence-corrected chi connectivity index (χ1v) is 10.9. The van der Waals surface area contributed by atoms with Gasteiger partial charge in [-0.1, -0.05) is 58.0 Å². The van der Waals surface area contributed by atoms with E-state index in [1.54, 1.807) is 5.56 Å². The minimum Gasteiger partial charge on any atom is -0.508 e. The molecule has 1 N–H and O–H groups in total. The second kappa shape index (κ2) is 8.26. The normalized spacial score (nSPS) is 11.7. The summed E-state index contributed by atoms with van der Waals surface area (Å²) < 4.78 is 0. The van der Waals surface area contributed by atoms with E-state index in [1.807, 2.05) is 23.9 Å². The highest BCUT2D eigenvalue weighted by molar-refractivity contribution is 8.00. The first-order valence-electron chi connectivity index (χ1n) is 8.67. The Bertz CT molecular complexity index is 689. The van der Waals surface area contributed by atoms with Gasteiger partial charge in [0.1, 0.15) is 5.75 Å². The molecular weight excluding hydrogens is 328 g/mol. The Kier molecular flexibility index (Phi) is 6.59. The van der Waals surface area contributed by atoms with Crippen molar-refractivity contribution in [3.05, 3.63) is 53.1 Å². The summed E-state index contributed by atoms with van der Waals surface area (Å²) in [6, 6.07) is 12.8. The van der Waals surface area contributed by atoms with Crippen LogP contribution in [-0.4, -0.2) is 20.0 Å². The number of aryl methyl sites for hydroxylation is 1. The predicted molar refractivity (Wildman–Crippen MR) is 108 cm³/mol. The minimum absolute atomic E-state index is 0.0340. The Labute approximate surface area is 153 Å². The molecule has 0 spiro atoms. The molecule has 0 bridgehead atoms. The van der Waals surface area contributed by atoms with Crippen LogP contribution in [0.2, 0.25) is 0 Å². The van der Waals surface area contributed by atoms with Crippen LogP contribution >= 0.6 is 11.8 Å². The third-order valence-electron chi connectivity index (χ3n) is 4.28. The van der Waals surface area contributed by atoms with Crippen LogP contribution in [0, 0.1) is 0 Å². The van der Waals surface area contributed by atoms with Crippen LogP contribution in [0.3, 0.4) is 0 Å². The molecule has 0 aliphatic rings. The summed E-state index contributed by atoms with van der Waals surface area (Å²) in [6.07, 6.45) is 2.23. The fourth-order valence-electron chi connectivity index (χ4n) is 2.95. The largest absolute Gasteiger partial charge is 0.508 e. The van der Waals surface area contributed by atoms with Crippen LogP contribution in [-0.2, 0) is 18.3 Å². The maximum atomic E-state index is 10.1. The lowest BCUT2D eigenvalue weighted by Crippen LogP contribution is -2.22. The molecule has 128 valence electrons. The summed E-state index contributed by atoms with van der Waals surface area (Å²) in [5, 5.41) is 12.7. The van der Waals surface area contributed by atoms with Crippen LogP contribution in [0.4, 0.5) is 0 Å². The number of phenols is 1. The maximum absolute atomic E-state index is 10.1. The van der Waals surface area contributed by atoms with E-state index in [2.05, 4.69) is 58.9 Å². The number of hydrogen-bond acceptors (Lipinski definition) is 2. The van der Waals surface area contributed by atoms with Gasteiger partial charge in [0.2, 0.25) is 0 Å². The van der Waals surface area contributed by atoms with Crippen molar-refractivity contribution < 1.29 is 5.11 Å². The average Bonchev–Trinajstić information content (AvgIpc) is 2.55. The molecular formula is C21H28OSSi. The lowest BCUT2D eigenvalue weighted by atomic mass is 9.86. The van der Waals surface area contributed by atoms with Crippen LogP contribution in [0.25, 0.3) is 0 Å². The predicted octanol–water partition coefficient (Wildman–Crippen LogP) is 4.89. The van der Waals surface area contributed by atoms with Crippen molar-refractivity contribution in [1.29, 1.82) is 0 Å².